The zero-order valence-electron chi connectivity index (χ0n) is 11.1. The average molecular weight is 264 g/mol. The van der Waals surface area contributed by atoms with Crippen LogP contribution in [0.15, 0.2) is 73.8 Å². The summed E-state index contributed by atoms with van der Waals surface area (Å²) in [5, 5.41) is 22.9. The van der Waals surface area contributed by atoms with Crippen LogP contribution < -0.4 is 0 Å². The monoisotopic (exact) mass is 264 g/mol. The smallest absolute Gasteiger partial charge is 0.116 e. The number of phenols is 2. The molecule has 0 unspecified atom stereocenters. The van der Waals surface area contributed by atoms with Crippen molar-refractivity contribution in [2.45, 2.75) is 0 Å². The molecule has 0 spiro atoms. The summed E-state index contributed by atoms with van der Waals surface area (Å²) >= 11 is 0. The molecule has 0 radical (unpaired) electrons. The zero-order valence-corrected chi connectivity index (χ0v) is 11.1. The average Bonchev–Trinajstić information content (AvgIpc) is 2.45. The number of fused-ring (bicyclic) bond motifs is 2. The van der Waals surface area contributed by atoms with E-state index in [1.54, 1.807) is 36.4 Å². The highest BCUT2D eigenvalue weighted by Gasteiger charge is 2.00. The lowest BCUT2D eigenvalue weighted by Gasteiger charge is -2.03. The van der Waals surface area contributed by atoms with Crippen molar-refractivity contribution < 1.29 is 10.2 Å². The molecule has 0 aliphatic heterocycles. The Morgan fingerprint density at radius 3 is 1.35 bits per heavy atom. The number of hydrogen-bond donors (Lipinski definition) is 2. The molecular formula is C18H16O2. The molecule has 0 heterocycles. The van der Waals surface area contributed by atoms with Gasteiger partial charge in [0.1, 0.15) is 11.5 Å². The molecule has 0 aliphatic carbocycles. The van der Waals surface area contributed by atoms with Gasteiger partial charge >= 0.3 is 0 Å². The van der Waals surface area contributed by atoms with Crippen LogP contribution in [-0.2, 0) is 0 Å². The first kappa shape index (κ1) is 13.7. The molecule has 20 heavy (non-hydrogen) atoms. The van der Waals surface area contributed by atoms with E-state index in [0.717, 1.165) is 21.5 Å². The molecule has 2 nitrogen and oxygen atoms in total. The molecule has 0 atom stereocenters. The van der Waals surface area contributed by atoms with E-state index >= 15 is 0 Å². The van der Waals surface area contributed by atoms with E-state index in [9.17, 15) is 10.2 Å². The van der Waals surface area contributed by atoms with Gasteiger partial charge in [0.15, 0.2) is 0 Å². The fraction of sp³-hybridized carbons (Fsp3) is 0. The van der Waals surface area contributed by atoms with Gasteiger partial charge in [-0.3, -0.25) is 0 Å². The Bertz CT molecular complexity index is 705. The van der Waals surface area contributed by atoms with Gasteiger partial charge in [0, 0.05) is 0 Å². The molecule has 2 heteroatoms. The molecule has 0 aromatic heterocycles. The van der Waals surface area contributed by atoms with Crippen LogP contribution in [0.5, 0.6) is 11.5 Å². The molecule has 0 aliphatic rings. The van der Waals surface area contributed by atoms with Crippen molar-refractivity contribution in [3.63, 3.8) is 0 Å². The van der Waals surface area contributed by atoms with Crippen LogP contribution in [0, 0.1) is 0 Å². The Hall–Kier alpha value is -2.74. The molecule has 100 valence electrons. The zero-order chi connectivity index (χ0) is 14.5. The number of phenolic OH excluding ortho intramolecular Hbond substituents is 2. The first-order valence-electron chi connectivity index (χ1n) is 6.23. The number of benzene rings is 3. The highest BCUT2D eigenvalue weighted by atomic mass is 16.3. The standard InChI is InChI=1S/C14H10O2.C4H6/c15-13-3-1-9-5-12-8-14(16)4-2-10(12)6-11(9)7-13;1-3-4-2/h1-8,15-16H;3-4H,1-2H2. The van der Waals surface area contributed by atoms with Crippen LogP contribution in [-0.4, -0.2) is 10.2 Å². The Balaban J connectivity index is 0.000000328. The second kappa shape index (κ2) is 5.93. The number of aromatic hydroxyl groups is 2. The Morgan fingerprint density at radius 2 is 1.00 bits per heavy atom. The summed E-state index contributed by atoms with van der Waals surface area (Å²) in [6.45, 7) is 6.72. The fourth-order valence-electron chi connectivity index (χ4n) is 1.97. The maximum absolute atomic E-state index is 9.41. The molecule has 0 amide bonds. The maximum atomic E-state index is 9.41. The van der Waals surface area contributed by atoms with E-state index in [4.69, 9.17) is 0 Å². The van der Waals surface area contributed by atoms with Gasteiger partial charge in [0.05, 0.1) is 0 Å². The summed E-state index contributed by atoms with van der Waals surface area (Å²) in [6, 6.07) is 14.5. The van der Waals surface area contributed by atoms with Crippen molar-refractivity contribution in [2.24, 2.45) is 0 Å². The summed E-state index contributed by atoms with van der Waals surface area (Å²) < 4.78 is 0. The highest BCUT2D eigenvalue weighted by Crippen LogP contribution is 2.27. The van der Waals surface area contributed by atoms with Gasteiger partial charge in [-0.1, -0.05) is 37.4 Å². The quantitative estimate of drug-likeness (QED) is 0.491. The minimum Gasteiger partial charge on any atom is -0.508 e. The number of allylic oxidation sites excluding steroid dienone is 2. The normalized spacial score (nSPS) is 9.80. The van der Waals surface area contributed by atoms with Crippen molar-refractivity contribution >= 4 is 21.5 Å². The summed E-state index contributed by atoms with van der Waals surface area (Å²) in [4.78, 5) is 0. The van der Waals surface area contributed by atoms with E-state index in [1.807, 2.05) is 24.3 Å². The Morgan fingerprint density at radius 1 is 0.600 bits per heavy atom. The van der Waals surface area contributed by atoms with Crippen molar-refractivity contribution in [1.29, 1.82) is 0 Å². The van der Waals surface area contributed by atoms with E-state index in [-0.39, 0.29) is 11.5 Å². The minimum absolute atomic E-state index is 0.269. The molecule has 0 fully saturated rings. The fourth-order valence-corrected chi connectivity index (χ4v) is 1.97. The Labute approximate surface area is 117 Å². The lowest BCUT2D eigenvalue weighted by Crippen LogP contribution is -1.76. The van der Waals surface area contributed by atoms with Crippen molar-refractivity contribution in [3.05, 3.63) is 73.8 Å². The van der Waals surface area contributed by atoms with E-state index < -0.39 is 0 Å². The molecule has 2 N–H and O–H groups in total. The molecular weight excluding hydrogens is 248 g/mol. The van der Waals surface area contributed by atoms with Crippen LogP contribution >= 0.6 is 0 Å². The molecule has 0 saturated heterocycles. The second-order valence-corrected chi connectivity index (χ2v) is 4.39. The summed E-state index contributed by atoms with van der Waals surface area (Å²) in [5.74, 6) is 0.538. The van der Waals surface area contributed by atoms with Crippen molar-refractivity contribution in [2.75, 3.05) is 0 Å². The van der Waals surface area contributed by atoms with Crippen LogP contribution in [0.3, 0.4) is 0 Å². The van der Waals surface area contributed by atoms with Gasteiger partial charge in [0.25, 0.3) is 0 Å². The summed E-state index contributed by atoms with van der Waals surface area (Å²) in [5.41, 5.74) is 0. The molecule has 0 saturated carbocycles. The first-order chi connectivity index (χ1) is 9.63. The topological polar surface area (TPSA) is 40.5 Å². The minimum atomic E-state index is 0.269. The lowest BCUT2D eigenvalue weighted by atomic mass is 10.0. The van der Waals surface area contributed by atoms with Gasteiger partial charge in [-0.2, -0.15) is 0 Å². The maximum Gasteiger partial charge on any atom is 0.116 e. The van der Waals surface area contributed by atoms with Crippen LogP contribution in [0.25, 0.3) is 21.5 Å². The van der Waals surface area contributed by atoms with E-state index in [1.165, 1.54) is 0 Å². The van der Waals surface area contributed by atoms with E-state index in [2.05, 4.69) is 13.2 Å². The summed E-state index contributed by atoms with van der Waals surface area (Å²) in [7, 11) is 0. The van der Waals surface area contributed by atoms with E-state index in [0.29, 0.717) is 0 Å². The molecule has 3 aromatic carbocycles. The highest BCUT2D eigenvalue weighted by molar-refractivity contribution is 5.99. The van der Waals surface area contributed by atoms with Crippen molar-refractivity contribution in [3.8, 4) is 11.5 Å². The number of rotatable bonds is 1. The molecule has 3 rings (SSSR count). The molecule has 3 aromatic rings. The van der Waals surface area contributed by atoms with Crippen molar-refractivity contribution in [1.82, 2.24) is 0 Å². The van der Waals surface area contributed by atoms with Gasteiger partial charge in [-0.25, -0.2) is 0 Å². The summed E-state index contributed by atoms with van der Waals surface area (Å²) in [6.07, 6.45) is 3.28. The second-order valence-electron chi connectivity index (χ2n) is 4.39. The van der Waals surface area contributed by atoms with Crippen LogP contribution in [0.1, 0.15) is 0 Å². The van der Waals surface area contributed by atoms with Gasteiger partial charge < -0.3 is 10.2 Å². The predicted octanol–water partition coefficient (Wildman–Crippen LogP) is 4.76. The number of hydrogen-bond acceptors (Lipinski definition) is 2. The van der Waals surface area contributed by atoms with Gasteiger partial charge in [-0.05, 0) is 57.9 Å². The van der Waals surface area contributed by atoms with Gasteiger partial charge in [-0.15, -0.1) is 0 Å². The van der Waals surface area contributed by atoms with Crippen LogP contribution in [0.2, 0.25) is 0 Å². The van der Waals surface area contributed by atoms with Crippen LogP contribution in [0.4, 0.5) is 0 Å². The lowest BCUT2D eigenvalue weighted by molar-refractivity contribution is 0.475. The molecule has 0 bridgehead atoms. The van der Waals surface area contributed by atoms with Gasteiger partial charge in [0.2, 0.25) is 0 Å². The largest absolute Gasteiger partial charge is 0.508 e. The third-order valence-corrected chi connectivity index (χ3v) is 2.93. The predicted molar refractivity (Wildman–Crippen MR) is 85.2 cm³/mol. The Kier molecular flexibility index (Phi) is 4.06. The SMILES string of the molecule is C=CC=C.Oc1ccc2cc3cc(O)ccc3cc2c1. The first-order valence-corrected chi connectivity index (χ1v) is 6.23. The third kappa shape index (κ3) is 2.98. The third-order valence-electron chi connectivity index (χ3n) is 2.93.